The molecule has 0 radical (unpaired) electrons. The van der Waals surface area contributed by atoms with Crippen molar-refractivity contribution in [2.75, 3.05) is 19.6 Å². The number of benzene rings is 1. The van der Waals surface area contributed by atoms with Gasteiger partial charge in [-0.25, -0.2) is 9.37 Å². The summed E-state index contributed by atoms with van der Waals surface area (Å²) < 4.78 is 15.6. The number of nitrogens with zero attached hydrogens (tertiary/aromatic N) is 3. The van der Waals surface area contributed by atoms with E-state index in [1.807, 2.05) is 25.5 Å². The standard InChI is InChI=1S/C19H21FN4S/c1-23-9-8-22-19(23)17-12-21-7-10-24(17)13-16-5-6-18(25-16)14-3-2-4-15(20)11-14/h2-6,8-9,11,17,21H,7,10,12-13H2,1H3. The van der Waals surface area contributed by atoms with E-state index in [1.165, 1.54) is 10.9 Å². The Morgan fingerprint density at radius 2 is 2.24 bits per heavy atom. The molecule has 0 amide bonds. The van der Waals surface area contributed by atoms with Gasteiger partial charge in [0.25, 0.3) is 0 Å². The fourth-order valence-electron chi connectivity index (χ4n) is 3.35. The van der Waals surface area contributed by atoms with E-state index in [1.54, 1.807) is 23.5 Å². The van der Waals surface area contributed by atoms with Gasteiger partial charge >= 0.3 is 0 Å². The van der Waals surface area contributed by atoms with Gasteiger partial charge in [-0.3, -0.25) is 4.90 Å². The van der Waals surface area contributed by atoms with E-state index in [4.69, 9.17) is 0 Å². The predicted molar refractivity (Wildman–Crippen MR) is 98.9 cm³/mol. The molecule has 130 valence electrons. The molecule has 3 heterocycles. The SMILES string of the molecule is Cn1ccnc1C1CNCCN1Cc1ccc(-c2cccc(F)c2)s1. The number of imidazole rings is 1. The molecule has 1 aliphatic rings. The van der Waals surface area contributed by atoms with E-state index >= 15 is 0 Å². The Kier molecular flexibility index (Phi) is 4.65. The second-order valence-electron chi connectivity index (χ2n) is 6.36. The number of piperazine rings is 1. The van der Waals surface area contributed by atoms with Gasteiger partial charge in [0.15, 0.2) is 0 Å². The summed E-state index contributed by atoms with van der Waals surface area (Å²) >= 11 is 1.74. The lowest BCUT2D eigenvalue weighted by Gasteiger charge is -2.35. The average Bonchev–Trinajstić information content (AvgIpc) is 3.25. The van der Waals surface area contributed by atoms with Crippen LogP contribution < -0.4 is 5.32 Å². The Labute approximate surface area is 150 Å². The Bertz CT molecular complexity index is 856. The van der Waals surface area contributed by atoms with E-state index in [9.17, 15) is 4.39 Å². The van der Waals surface area contributed by atoms with Crippen LogP contribution in [0.15, 0.2) is 48.8 Å². The van der Waals surface area contributed by atoms with Crippen LogP contribution in [0.4, 0.5) is 4.39 Å². The van der Waals surface area contributed by atoms with Gasteiger partial charge in [-0.1, -0.05) is 12.1 Å². The molecule has 4 rings (SSSR count). The average molecular weight is 356 g/mol. The molecular formula is C19H21FN4S. The zero-order valence-electron chi connectivity index (χ0n) is 14.2. The van der Waals surface area contributed by atoms with Crippen LogP contribution in [0.25, 0.3) is 10.4 Å². The third-order valence-corrected chi connectivity index (χ3v) is 5.76. The molecule has 3 aromatic rings. The van der Waals surface area contributed by atoms with E-state index < -0.39 is 0 Å². The number of aryl methyl sites for hydroxylation is 1. The minimum absolute atomic E-state index is 0.190. The minimum atomic E-state index is -0.190. The molecule has 2 aromatic heterocycles. The maximum Gasteiger partial charge on any atom is 0.127 e. The fourth-order valence-corrected chi connectivity index (χ4v) is 4.38. The zero-order valence-corrected chi connectivity index (χ0v) is 15.0. The number of aromatic nitrogens is 2. The van der Waals surface area contributed by atoms with Crippen molar-refractivity contribution in [1.29, 1.82) is 0 Å². The van der Waals surface area contributed by atoms with Crippen molar-refractivity contribution < 1.29 is 4.39 Å². The Morgan fingerprint density at radius 1 is 1.32 bits per heavy atom. The van der Waals surface area contributed by atoms with Crippen molar-refractivity contribution in [1.82, 2.24) is 19.8 Å². The molecule has 0 bridgehead atoms. The van der Waals surface area contributed by atoms with E-state index in [2.05, 4.69) is 31.9 Å². The van der Waals surface area contributed by atoms with Gasteiger partial charge in [-0.2, -0.15) is 0 Å². The number of halogens is 1. The first-order valence-corrected chi connectivity index (χ1v) is 9.29. The van der Waals surface area contributed by atoms with Crippen molar-refractivity contribution in [3.05, 3.63) is 65.3 Å². The number of rotatable bonds is 4. The second kappa shape index (κ2) is 7.07. The first-order chi connectivity index (χ1) is 12.2. The highest BCUT2D eigenvalue weighted by atomic mass is 32.1. The highest BCUT2D eigenvalue weighted by Crippen LogP contribution is 2.31. The van der Waals surface area contributed by atoms with E-state index in [0.29, 0.717) is 0 Å². The van der Waals surface area contributed by atoms with Gasteiger partial charge in [0.05, 0.1) is 6.04 Å². The van der Waals surface area contributed by atoms with Gasteiger partial charge in [-0.05, 0) is 29.8 Å². The van der Waals surface area contributed by atoms with Gasteiger partial charge in [-0.15, -0.1) is 11.3 Å². The Balaban J connectivity index is 1.54. The third-order valence-electron chi connectivity index (χ3n) is 4.64. The lowest BCUT2D eigenvalue weighted by molar-refractivity contribution is 0.146. The van der Waals surface area contributed by atoms with Gasteiger partial charge in [0.2, 0.25) is 0 Å². The summed E-state index contributed by atoms with van der Waals surface area (Å²) in [5.41, 5.74) is 0.942. The zero-order chi connectivity index (χ0) is 17.2. The molecule has 0 saturated carbocycles. The van der Waals surface area contributed by atoms with Gasteiger partial charge < -0.3 is 9.88 Å². The second-order valence-corrected chi connectivity index (χ2v) is 7.53. The quantitative estimate of drug-likeness (QED) is 0.777. The van der Waals surface area contributed by atoms with Crippen LogP contribution in [-0.4, -0.2) is 34.1 Å². The molecule has 6 heteroatoms. The lowest BCUT2D eigenvalue weighted by Crippen LogP contribution is -2.46. The molecule has 1 saturated heterocycles. The molecule has 1 atom stereocenters. The molecule has 4 nitrogen and oxygen atoms in total. The summed E-state index contributed by atoms with van der Waals surface area (Å²) in [7, 11) is 2.04. The maximum absolute atomic E-state index is 13.5. The minimum Gasteiger partial charge on any atom is -0.337 e. The van der Waals surface area contributed by atoms with E-state index in [0.717, 1.165) is 42.4 Å². The Morgan fingerprint density at radius 3 is 3.04 bits per heavy atom. The van der Waals surface area contributed by atoms with Crippen LogP contribution in [0.1, 0.15) is 16.7 Å². The van der Waals surface area contributed by atoms with Crippen molar-refractivity contribution in [3.8, 4) is 10.4 Å². The van der Waals surface area contributed by atoms with Crippen LogP contribution in [0.5, 0.6) is 0 Å². The highest BCUT2D eigenvalue weighted by Gasteiger charge is 2.27. The summed E-state index contributed by atoms with van der Waals surface area (Å²) in [6, 6.07) is 11.3. The topological polar surface area (TPSA) is 33.1 Å². The normalized spacial score (nSPS) is 18.6. The fraction of sp³-hybridized carbons (Fsp3) is 0.316. The van der Waals surface area contributed by atoms with Crippen molar-refractivity contribution in [3.63, 3.8) is 0 Å². The van der Waals surface area contributed by atoms with E-state index in [-0.39, 0.29) is 11.9 Å². The molecule has 1 aromatic carbocycles. The lowest BCUT2D eigenvalue weighted by atomic mass is 10.1. The summed E-state index contributed by atoms with van der Waals surface area (Å²) in [6.07, 6.45) is 3.85. The predicted octanol–water partition coefficient (Wildman–Crippen LogP) is 3.43. The number of hydrogen-bond donors (Lipinski definition) is 1. The van der Waals surface area contributed by atoms with Crippen LogP contribution in [0.2, 0.25) is 0 Å². The summed E-state index contributed by atoms with van der Waals surface area (Å²) in [6.45, 7) is 3.78. The van der Waals surface area contributed by atoms with Gasteiger partial charge in [0, 0.05) is 55.4 Å². The van der Waals surface area contributed by atoms with Crippen LogP contribution in [-0.2, 0) is 13.6 Å². The van der Waals surface area contributed by atoms with Crippen molar-refractivity contribution in [2.24, 2.45) is 7.05 Å². The number of nitrogens with one attached hydrogen (secondary N) is 1. The first kappa shape index (κ1) is 16.4. The molecule has 1 unspecified atom stereocenters. The molecule has 25 heavy (non-hydrogen) atoms. The first-order valence-electron chi connectivity index (χ1n) is 8.47. The summed E-state index contributed by atoms with van der Waals surface area (Å²) in [4.78, 5) is 9.41. The van der Waals surface area contributed by atoms with Gasteiger partial charge in [0.1, 0.15) is 11.6 Å². The van der Waals surface area contributed by atoms with Crippen molar-refractivity contribution >= 4 is 11.3 Å². The molecule has 0 aliphatic carbocycles. The number of hydrogen-bond acceptors (Lipinski definition) is 4. The van der Waals surface area contributed by atoms with Crippen LogP contribution >= 0.6 is 11.3 Å². The molecule has 1 N–H and O–H groups in total. The monoisotopic (exact) mass is 356 g/mol. The molecule has 1 fully saturated rings. The smallest absolute Gasteiger partial charge is 0.127 e. The highest BCUT2D eigenvalue weighted by molar-refractivity contribution is 7.15. The Hall–Kier alpha value is -2.02. The maximum atomic E-state index is 13.5. The van der Waals surface area contributed by atoms with Crippen molar-refractivity contribution in [2.45, 2.75) is 12.6 Å². The number of thiophene rings is 1. The molecular weight excluding hydrogens is 335 g/mol. The molecule has 0 spiro atoms. The van der Waals surface area contributed by atoms with Crippen LogP contribution in [0, 0.1) is 5.82 Å². The van der Waals surface area contributed by atoms with Crippen LogP contribution in [0.3, 0.4) is 0 Å². The third kappa shape index (κ3) is 3.51. The summed E-state index contributed by atoms with van der Waals surface area (Å²) in [5.74, 6) is 0.901. The largest absolute Gasteiger partial charge is 0.337 e. The molecule has 1 aliphatic heterocycles. The summed E-state index contributed by atoms with van der Waals surface area (Å²) in [5, 5.41) is 3.47.